The second kappa shape index (κ2) is 6.29. The lowest BCUT2D eigenvalue weighted by Gasteiger charge is -2.29. The number of para-hydroxylation sites is 1. The van der Waals surface area contributed by atoms with E-state index in [2.05, 4.69) is 17.1 Å². The van der Waals surface area contributed by atoms with Crippen molar-refractivity contribution in [3.05, 3.63) is 42.5 Å². The van der Waals surface area contributed by atoms with E-state index in [1.165, 1.54) is 12.8 Å². The van der Waals surface area contributed by atoms with Gasteiger partial charge in [-0.2, -0.15) is 0 Å². The van der Waals surface area contributed by atoms with Crippen molar-refractivity contribution < 1.29 is 9.21 Å². The number of benzene rings is 2. The Morgan fingerprint density at radius 3 is 2.71 bits per heavy atom. The van der Waals surface area contributed by atoms with Gasteiger partial charge in [-0.15, -0.1) is 0 Å². The number of piperidine rings is 1. The fraction of sp³-hybridized carbons (Fsp3) is 0.350. The highest BCUT2D eigenvalue weighted by atomic mass is 16.3. The molecule has 0 spiro atoms. The number of amides is 1. The number of likely N-dealkylation sites (tertiary alicyclic amines) is 1. The molecule has 2 heterocycles. The quantitative estimate of drug-likeness (QED) is 0.784. The number of rotatable bonds is 3. The average molecular weight is 322 g/mol. The Labute approximate surface area is 141 Å². The Morgan fingerprint density at radius 2 is 1.88 bits per heavy atom. The minimum Gasteiger partial charge on any atom is -0.456 e. The molecule has 0 atom stereocenters. The van der Waals surface area contributed by atoms with Crippen molar-refractivity contribution >= 4 is 33.5 Å². The number of furan rings is 1. The predicted molar refractivity (Wildman–Crippen MR) is 97.2 cm³/mol. The Hall–Kier alpha value is -2.33. The first-order chi connectivity index (χ1) is 11.7. The molecule has 0 radical (unpaired) electrons. The van der Waals surface area contributed by atoms with E-state index >= 15 is 0 Å². The average Bonchev–Trinajstić information content (AvgIpc) is 2.95. The molecule has 1 aliphatic heterocycles. The molecule has 4 nitrogen and oxygen atoms in total. The fourth-order valence-corrected chi connectivity index (χ4v) is 3.43. The molecule has 1 aliphatic rings. The Balaban J connectivity index is 1.49. The van der Waals surface area contributed by atoms with Gasteiger partial charge in [-0.3, -0.25) is 9.69 Å². The highest BCUT2D eigenvalue weighted by Gasteiger charge is 2.18. The first kappa shape index (κ1) is 15.2. The minimum atomic E-state index is 0.0525. The smallest absolute Gasteiger partial charge is 0.238 e. The summed E-state index contributed by atoms with van der Waals surface area (Å²) >= 11 is 0. The molecule has 1 aromatic heterocycles. The van der Waals surface area contributed by atoms with E-state index in [4.69, 9.17) is 4.42 Å². The summed E-state index contributed by atoms with van der Waals surface area (Å²) in [6.45, 7) is 4.78. The fourth-order valence-electron chi connectivity index (χ4n) is 3.43. The SMILES string of the molecule is CC1CCN(CC(=O)Nc2ccc3oc4ccccc4c3c2)CC1. The molecule has 1 fully saturated rings. The van der Waals surface area contributed by atoms with Gasteiger partial charge in [-0.05, 0) is 56.1 Å². The molecule has 124 valence electrons. The van der Waals surface area contributed by atoms with Crippen LogP contribution in [0.5, 0.6) is 0 Å². The van der Waals surface area contributed by atoms with Crippen LogP contribution >= 0.6 is 0 Å². The van der Waals surface area contributed by atoms with Gasteiger partial charge in [0.15, 0.2) is 0 Å². The van der Waals surface area contributed by atoms with Gasteiger partial charge in [0, 0.05) is 16.5 Å². The van der Waals surface area contributed by atoms with E-state index in [1.807, 2.05) is 42.5 Å². The van der Waals surface area contributed by atoms with Crippen molar-refractivity contribution in [3.63, 3.8) is 0 Å². The standard InChI is InChI=1S/C20H22N2O2/c1-14-8-10-22(11-9-14)13-20(23)21-15-6-7-19-17(12-15)16-4-2-3-5-18(16)24-19/h2-7,12,14H,8-11,13H2,1H3,(H,21,23). The molecule has 1 saturated heterocycles. The maximum absolute atomic E-state index is 12.3. The highest BCUT2D eigenvalue weighted by molar-refractivity contribution is 6.07. The number of hydrogen-bond acceptors (Lipinski definition) is 3. The van der Waals surface area contributed by atoms with Crippen LogP contribution in [-0.4, -0.2) is 30.4 Å². The number of anilines is 1. The second-order valence-electron chi connectivity index (χ2n) is 6.82. The van der Waals surface area contributed by atoms with E-state index in [-0.39, 0.29) is 5.91 Å². The lowest BCUT2D eigenvalue weighted by atomic mass is 9.99. The molecule has 3 aromatic rings. The summed E-state index contributed by atoms with van der Waals surface area (Å²) in [6.07, 6.45) is 2.36. The molecule has 4 heteroatoms. The lowest BCUT2D eigenvalue weighted by Crippen LogP contribution is -2.38. The Morgan fingerprint density at radius 1 is 1.12 bits per heavy atom. The summed E-state index contributed by atoms with van der Waals surface area (Å²) in [5.74, 6) is 0.831. The van der Waals surface area contributed by atoms with Gasteiger partial charge in [0.05, 0.1) is 6.54 Å². The van der Waals surface area contributed by atoms with Crippen molar-refractivity contribution in [1.82, 2.24) is 4.90 Å². The number of nitrogens with one attached hydrogen (secondary N) is 1. The van der Waals surface area contributed by atoms with Gasteiger partial charge >= 0.3 is 0 Å². The van der Waals surface area contributed by atoms with Crippen molar-refractivity contribution in [2.45, 2.75) is 19.8 Å². The lowest BCUT2D eigenvalue weighted by molar-refractivity contribution is -0.117. The summed E-state index contributed by atoms with van der Waals surface area (Å²) in [7, 11) is 0. The molecule has 0 bridgehead atoms. The zero-order valence-corrected chi connectivity index (χ0v) is 13.9. The maximum atomic E-state index is 12.3. The van der Waals surface area contributed by atoms with Crippen LogP contribution in [-0.2, 0) is 4.79 Å². The third kappa shape index (κ3) is 3.02. The normalized spacial score (nSPS) is 16.7. The summed E-state index contributed by atoms with van der Waals surface area (Å²) < 4.78 is 5.82. The third-order valence-electron chi connectivity index (χ3n) is 4.90. The molecule has 0 saturated carbocycles. The van der Waals surface area contributed by atoms with E-state index in [1.54, 1.807) is 0 Å². The predicted octanol–water partition coefficient (Wildman–Crippen LogP) is 4.26. The largest absolute Gasteiger partial charge is 0.456 e. The van der Waals surface area contributed by atoms with Crippen LogP contribution in [0.3, 0.4) is 0 Å². The van der Waals surface area contributed by atoms with Crippen LogP contribution in [0.4, 0.5) is 5.69 Å². The van der Waals surface area contributed by atoms with Crippen LogP contribution in [0.1, 0.15) is 19.8 Å². The molecule has 24 heavy (non-hydrogen) atoms. The minimum absolute atomic E-state index is 0.0525. The van der Waals surface area contributed by atoms with Crippen molar-refractivity contribution in [1.29, 1.82) is 0 Å². The van der Waals surface area contributed by atoms with Crippen molar-refractivity contribution in [2.75, 3.05) is 25.0 Å². The first-order valence-corrected chi connectivity index (χ1v) is 8.62. The number of carbonyl (C=O) groups excluding carboxylic acids is 1. The summed E-state index contributed by atoms with van der Waals surface area (Å²) in [5.41, 5.74) is 2.54. The van der Waals surface area contributed by atoms with Crippen LogP contribution in [0.15, 0.2) is 46.9 Å². The van der Waals surface area contributed by atoms with Crippen LogP contribution in [0.2, 0.25) is 0 Å². The molecule has 4 rings (SSSR count). The molecule has 0 unspecified atom stereocenters. The van der Waals surface area contributed by atoms with E-state index in [9.17, 15) is 4.79 Å². The summed E-state index contributed by atoms with van der Waals surface area (Å²) in [4.78, 5) is 14.6. The van der Waals surface area contributed by atoms with Gasteiger partial charge in [-0.25, -0.2) is 0 Å². The number of carbonyl (C=O) groups is 1. The Kier molecular flexibility index (Phi) is 3.98. The zero-order valence-electron chi connectivity index (χ0n) is 13.9. The first-order valence-electron chi connectivity index (χ1n) is 8.62. The van der Waals surface area contributed by atoms with Gasteiger partial charge in [0.25, 0.3) is 0 Å². The van der Waals surface area contributed by atoms with Gasteiger partial charge in [-0.1, -0.05) is 25.1 Å². The highest BCUT2D eigenvalue weighted by Crippen LogP contribution is 2.30. The molecular formula is C20H22N2O2. The maximum Gasteiger partial charge on any atom is 0.238 e. The molecule has 2 aromatic carbocycles. The molecular weight excluding hydrogens is 300 g/mol. The summed E-state index contributed by atoms with van der Waals surface area (Å²) in [6, 6.07) is 13.8. The van der Waals surface area contributed by atoms with Crippen LogP contribution < -0.4 is 5.32 Å². The van der Waals surface area contributed by atoms with Crippen LogP contribution in [0.25, 0.3) is 21.9 Å². The second-order valence-corrected chi connectivity index (χ2v) is 6.82. The van der Waals surface area contributed by atoms with Crippen LogP contribution in [0, 0.1) is 5.92 Å². The topological polar surface area (TPSA) is 45.5 Å². The summed E-state index contributed by atoms with van der Waals surface area (Å²) in [5, 5.41) is 5.14. The van der Waals surface area contributed by atoms with E-state index in [0.29, 0.717) is 6.54 Å². The van der Waals surface area contributed by atoms with Crippen molar-refractivity contribution in [3.8, 4) is 0 Å². The van der Waals surface area contributed by atoms with Gasteiger partial charge in [0.1, 0.15) is 11.2 Å². The number of nitrogens with zero attached hydrogens (tertiary/aromatic N) is 1. The van der Waals surface area contributed by atoms with E-state index < -0.39 is 0 Å². The Bertz CT molecular complexity index is 876. The van der Waals surface area contributed by atoms with Gasteiger partial charge < -0.3 is 9.73 Å². The van der Waals surface area contributed by atoms with Gasteiger partial charge in [0.2, 0.25) is 5.91 Å². The monoisotopic (exact) mass is 322 g/mol. The molecule has 0 aliphatic carbocycles. The third-order valence-corrected chi connectivity index (χ3v) is 4.90. The molecule has 1 amide bonds. The zero-order chi connectivity index (χ0) is 16.5. The number of fused-ring (bicyclic) bond motifs is 3. The van der Waals surface area contributed by atoms with E-state index in [0.717, 1.165) is 46.6 Å². The number of hydrogen-bond donors (Lipinski definition) is 1. The van der Waals surface area contributed by atoms with Crippen molar-refractivity contribution in [2.24, 2.45) is 5.92 Å². The molecule has 1 N–H and O–H groups in total.